The van der Waals surface area contributed by atoms with Gasteiger partial charge in [0.15, 0.2) is 0 Å². The molecule has 128 valence electrons. The highest BCUT2D eigenvalue weighted by atomic mass is 16.5. The summed E-state index contributed by atoms with van der Waals surface area (Å²) in [6, 6.07) is 7.39. The molecule has 7 heteroatoms. The lowest BCUT2D eigenvalue weighted by Gasteiger charge is -2.39. The van der Waals surface area contributed by atoms with E-state index >= 15 is 0 Å². The summed E-state index contributed by atoms with van der Waals surface area (Å²) in [6.07, 6.45) is 1.87. The maximum Gasteiger partial charge on any atom is 0.291 e. The standard InChI is InChI=1S/C17H23N5O2/c1-22(2)12-17(7-9-24-10-8-17)11-18-16(23)15-19-13-5-3-4-6-14(13)20-21-15/h3-6H,7-12H2,1-2H3,(H,18,23). The molecule has 0 atom stereocenters. The van der Waals surface area contributed by atoms with Crippen molar-refractivity contribution in [1.29, 1.82) is 0 Å². The highest BCUT2D eigenvalue weighted by Gasteiger charge is 2.33. The summed E-state index contributed by atoms with van der Waals surface area (Å²) in [7, 11) is 4.10. The molecule has 1 amide bonds. The second-order valence-electron chi connectivity index (χ2n) is 6.66. The topological polar surface area (TPSA) is 80.2 Å². The zero-order valence-corrected chi connectivity index (χ0v) is 14.2. The molecule has 1 N–H and O–H groups in total. The summed E-state index contributed by atoms with van der Waals surface area (Å²) < 4.78 is 5.48. The average molecular weight is 329 g/mol. The molecule has 7 nitrogen and oxygen atoms in total. The van der Waals surface area contributed by atoms with Crippen molar-refractivity contribution in [2.75, 3.05) is 40.4 Å². The Morgan fingerprint density at radius 1 is 1.21 bits per heavy atom. The molecule has 1 aromatic carbocycles. The van der Waals surface area contributed by atoms with Crippen LogP contribution in [-0.4, -0.2) is 66.4 Å². The predicted molar refractivity (Wildman–Crippen MR) is 90.7 cm³/mol. The number of carbonyl (C=O) groups excluding carboxylic acids is 1. The van der Waals surface area contributed by atoms with E-state index in [-0.39, 0.29) is 17.1 Å². The van der Waals surface area contributed by atoms with Gasteiger partial charge in [-0.05, 0) is 39.1 Å². The van der Waals surface area contributed by atoms with Crippen molar-refractivity contribution in [3.05, 3.63) is 30.1 Å². The minimum absolute atomic E-state index is 0.0295. The third-order valence-corrected chi connectivity index (χ3v) is 4.39. The first-order valence-electron chi connectivity index (χ1n) is 8.18. The number of carbonyl (C=O) groups is 1. The summed E-state index contributed by atoms with van der Waals surface area (Å²) in [4.78, 5) is 18.9. The summed E-state index contributed by atoms with van der Waals surface area (Å²) >= 11 is 0. The summed E-state index contributed by atoms with van der Waals surface area (Å²) in [5.41, 5.74) is 1.39. The molecule has 1 aliphatic heterocycles. The number of nitrogens with zero attached hydrogens (tertiary/aromatic N) is 4. The van der Waals surface area contributed by atoms with Crippen LogP contribution in [0, 0.1) is 5.41 Å². The van der Waals surface area contributed by atoms with Crippen molar-refractivity contribution >= 4 is 16.9 Å². The first-order chi connectivity index (χ1) is 11.6. The highest BCUT2D eigenvalue weighted by molar-refractivity contribution is 5.91. The third-order valence-electron chi connectivity index (χ3n) is 4.39. The van der Waals surface area contributed by atoms with Gasteiger partial charge in [0.1, 0.15) is 5.52 Å². The third kappa shape index (κ3) is 3.85. The lowest BCUT2D eigenvalue weighted by atomic mass is 9.79. The summed E-state index contributed by atoms with van der Waals surface area (Å²) in [6.45, 7) is 2.96. The minimum atomic E-state index is -0.280. The van der Waals surface area contributed by atoms with Gasteiger partial charge < -0.3 is 15.0 Å². The number of hydrogen-bond donors (Lipinski definition) is 1. The Kier molecular flexibility index (Phi) is 5.01. The van der Waals surface area contributed by atoms with Gasteiger partial charge in [-0.15, -0.1) is 10.2 Å². The van der Waals surface area contributed by atoms with E-state index in [1.165, 1.54) is 0 Å². The van der Waals surface area contributed by atoms with E-state index in [4.69, 9.17) is 4.74 Å². The highest BCUT2D eigenvalue weighted by Crippen LogP contribution is 2.30. The van der Waals surface area contributed by atoms with Crippen LogP contribution < -0.4 is 5.32 Å². The van der Waals surface area contributed by atoms with Crippen LogP contribution in [0.4, 0.5) is 0 Å². The van der Waals surface area contributed by atoms with Crippen LogP contribution in [0.25, 0.3) is 11.0 Å². The van der Waals surface area contributed by atoms with E-state index < -0.39 is 0 Å². The van der Waals surface area contributed by atoms with Crippen molar-refractivity contribution in [3.8, 4) is 0 Å². The summed E-state index contributed by atoms with van der Waals surface area (Å²) in [5.74, 6) is -0.168. The van der Waals surface area contributed by atoms with Crippen LogP contribution >= 0.6 is 0 Å². The fourth-order valence-electron chi connectivity index (χ4n) is 3.19. The first kappa shape index (κ1) is 16.7. The summed E-state index contributed by atoms with van der Waals surface area (Å²) in [5, 5.41) is 11.0. The van der Waals surface area contributed by atoms with Gasteiger partial charge in [0, 0.05) is 31.7 Å². The lowest BCUT2D eigenvalue weighted by molar-refractivity contribution is 0.00279. The molecule has 2 aromatic rings. The minimum Gasteiger partial charge on any atom is -0.381 e. The van der Waals surface area contributed by atoms with Crippen molar-refractivity contribution < 1.29 is 9.53 Å². The van der Waals surface area contributed by atoms with E-state index in [9.17, 15) is 4.79 Å². The van der Waals surface area contributed by atoms with E-state index in [1.807, 2.05) is 24.3 Å². The number of benzene rings is 1. The normalized spacial score (nSPS) is 17.1. The van der Waals surface area contributed by atoms with Gasteiger partial charge in [0.2, 0.25) is 5.82 Å². The number of amides is 1. The van der Waals surface area contributed by atoms with Crippen LogP contribution in [0.2, 0.25) is 0 Å². The van der Waals surface area contributed by atoms with Gasteiger partial charge in [0.25, 0.3) is 5.91 Å². The molecule has 1 saturated heterocycles. The van der Waals surface area contributed by atoms with E-state index in [1.54, 1.807) is 0 Å². The molecular formula is C17H23N5O2. The molecule has 0 bridgehead atoms. The number of ether oxygens (including phenoxy) is 1. The first-order valence-corrected chi connectivity index (χ1v) is 8.18. The quantitative estimate of drug-likeness (QED) is 0.885. The Hall–Kier alpha value is -2.12. The van der Waals surface area contributed by atoms with Crippen LogP contribution in [0.1, 0.15) is 23.5 Å². The lowest BCUT2D eigenvalue weighted by Crippen LogP contribution is -2.47. The smallest absolute Gasteiger partial charge is 0.291 e. The molecule has 1 fully saturated rings. The predicted octanol–water partition coefficient (Wildman–Crippen LogP) is 1.11. The van der Waals surface area contributed by atoms with Crippen molar-refractivity contribution in [2.45, 2.75) is 12.8 Å². The van der Waals surface area contributed by atoms with E-state index in [0.717, 1.165) is 32.6 Å². The Bertz CT molecular complexity index is 713. The Balaban J connectivity index is 1.70. The van der Waals surface area contributed by atoms with Crippen molar-refractivity contribution in [3.63, 3.8) is 0 Å². The maximum atomic E-state index is 12.4. The number of rotatable bonds is 5. The zero-order chi connectivity index (χ0) is 17.0. The fourth-order valence-corrected chi connectivity index (χ4v) is 3.19. The molecule has 2 heterocycles. The van der Waals surface area contributed by atoms with Crippen LogP contribution in [-0.2, 0) is 4.74 Å². The van der Waals surface area contributed by atoms with Gasteiger partial charge in [-0.1, -0.05) is 12.1 Å². The number of nitrogens with one attached hydrogen (secondary N) is 1. The van der Waals surface area contributed by atoms with Gasteiger partial charge >= 0.3 is 0 Å². The van der Waals surface area contributed by atoms with Gasteiger partial charge in [-0.25, -0.2) is 4.98 Å². The molecular weight excluding hydrogens is 306 g/mol. The second-order valence-corrected chi connectivity index (χ2v) is 6.66. The number of hydrogen-bond acceptors (Lipinski definition) is 6. The zero-order valence-electron chi connectivity index (χ0n) is 14.2. The van der Waals surface area contributed by atoms with Crippen LogP contribution in [0.15, 0.2) is 24.3 Å². The monoisotopic (exact) mass is 329 g/mol. The fraction of sp³-hybridized carbons (Fsp3) is 0.529. The van der Waals surface area contributed by atoms with Crippen LogP contribution in [0.3, 0.4) is 0 Å². The van der Waals surface area contributed by atoms with E-state index in [2.05, 4.69) is 39.5 Å². The molecule has 3 rings (SSSR count). The Labute approximate surface area is 141 Å². The number of fused-ring (bicyclic) bond motifs is 1. The molecule has 0 radical (unpaired) electrons. The number of para-hydroxylation sites is 1. The molecule has 0 unspecified atom stereocenters. The Morgan fingerprint density at radius 3 is 2.62 bits per heavy atom. The molecule has 0 saturated carbocycles. The molecule has 0 spiro atoms. The number of aromatic nitrogens is 3. The van der Waals surface area contributed by atoms with E-state index in [0.29, 0.717) is 17.6 Å². The van der Waals surface area contributed by atoms with Crippen molar-refractivity contribution in [2.24, 2.45) is 5.41 Å². The average Bonchev–Trinajstić information content (AvgIpc) is 2.59. The maximum absolute atomic E-state index is 12.4. The van der Waals surface area contributed by atoms with Gasteiger partial charge in [-0.3, -0.25) is 4.79 Å². The van der Waals surface area contributed by atoms with Gasteiger partial charge in [0.05, 0.1) is 5.52 Å². The second kappa shape index (κ2) is 7.19. The van der Waals surface area contributed by atoms with Crippen LogP contribution in [0.5, 0.6) is 0 Å². The van der Waals surface area contributed by atoms with Crippen molar-refractivity contribution in [1.82, 2.24) is 25.4 Å². The SMILES string of the molecule is CN(C)CC1(CNC(=O)c2nnc3ccccc3n2)CCOCC1. The molecule has 0 aliphatic carbocycles. The van der Waals surface area contributed by atoms with Gasteiger partial charge in [-0.2, -0.15) is 0 Å². The molecule has 1 aliphatic rings. The Morgan fingerprint density at radius 2 is 1.92 bits per heavy atom. The molecule has 24 heavy (non-hydrogen) atoms. The largest absolute Gasteiger partial charge is 0.381 e. The molecule has 1 aromatic heterocycles.